The van der Waals surface area contributed by atoms with Crippen LogP contribution in [-0.2, 0) is 0 Å². The SMILES string of the molecule is COc1cccc(-c2ccc(C(=O)N3CCC(n4cc(-c5ccccc5)nn4)C3)cc2)c1. The van der Waals surface area contributed by atoms with E-state index in [1.165, 1.54) is 0 Å². The van der Waals surface area contributed by atoms with Gasteiger partial charge in [-0.05, 0) is 41.8 Å². The molecule has 1 aliphatic heterocycles. The zero-order chi connectivity index (χ0) is 21.9. The van der Waals surface area contributed by atoms with Gasteiger partial charge in [-0.2, -0.15) is 0 Å². The van der Waals surface area contributed by atoms with E-state index in [-0.39, 0.29) is 11.9 Å². The summed E-state index contributed by atoms with van der Waals surface area (Å²) in [4.78, 5) is 15.0. The van der Waals surface area contributed by atoms with E-state index in [0.29, 0.717) is 18.7 Å². The number of hydrogen-bond donors (Lipinski definition) is 0. The summed E-state index contributed by atoms with van der Waals surface area (Å²) in [5.41, 5.74) is 4.70. The first-order chi connectivity index (χ1) is 15.7. The zero-order valence-electron chi connectivity index (χ0n) is 17.9. The van der Waals surface area contributed by atoms with Gasteiger partial charge in [-0.1, -0.05) is 59.8 Å². The Balaban J connectivity index is 1.26. The number of benzene rings is 3. The third kappa shape index (κ3) is 3.99. The molecule has 5 rings (SSSR count). The monoisotopic (exact) mass is 424 g/mol. The third-order valence-electron chi connectivity index (χ3n) is 5.94. The molecule has 0 saturated carbocycles. The van der Waals surface area contributed by atoms with Crippen molar-refractivity contribution in [2.45, 2.75) is 12.5 Å². The topological polar surface area (TPSA) is 60.2 Å². The number of rotatable bonds is 5. The van der Waals surface area contributed by atoms with E-state index >= 15 is 0 Å². The number of amides is 1. The minimum absolute atomic E-state index is 0.0492. The predicted molar refractivity (Wildman–Crippen MR) is 123 cm³/mol. The fraction of sp³-hybridized carbons (Fsp3) is 0.192. The summed E-state index contributed by atoms with van der Waals surface area (Å²) in [6.07, 6.45) is 2.84. The lowest BCUT2D eigenvalue weighted by molar-refractivity contribution is 0.0787. The molecule has 1 aliphatic rings. The fourth-order valence-corrected chi connectivity index (χ4v) is 4.13. The Morgan fingerprint density at radius 3 is 2.50 bits per heavy atom. The first-order valence-electron chi connectivity index (χ1n) is 10.7. The summed E-state index contributed by atoms with van der Waals surface area (Å²) >= 11 is 0. The zero-order valence-corrected chi connectivity index (χ0v) is 17.9. The first-order valence-corrected chi connectivity index (χ1v) is 10.7. The molecular weight excluding hydrogens is 400 g/mol. The molecule has 1 fully saturated rings. The van der Waals surface area contributed by atoms with E-state index in [9.17, 15) is 4.79 Å². The molecule has 160 valence electrons. The van der Waals surface area contributed by atoms with Crippen LogP contribution in [0.5, 0.6) is 5.75 Å². The highest BCUT2D eigenvalue weighted by atomic mass is 16.5. The molecule has 0 bridgehead atoms. The second kappa shape index (κ2) is 8.67. The minimum atomic E-state index is 0.0492. The minimum Gasteiger partial charge on any atom is -0.497 e. The van der Waals surface area contributed by atoms with E-state index in [2.05, 4.69) is 10.3 Å². The molecule has 3 aromatic carbocycles. The van der Waals surface area contributed by atoms with E-state index in [1.54, 1.807) is 7.11 Å². The molecule has 0 N–H and O–H groups in total. The molecule has 0 radical (unpaired) electrons. The molecule has 0 spiro atoms. The molecule has 1 amide bonds. The third-order valence-corrected chi connectivity index (χ3v) is 5.94. The molecule has 1 aromatic heterocycles. The van der Waals surface area contributed by atoms with Gasteiger partial charge >= 0.3 is 0 Å². The van der Waals surface area contributed by atoms with Crippen molar-refractivity contribution in [1.29, 1.82) is 0 Å². The van der Waals surface area contributed by atoms with Gasteiger partial charge in [0.1, 0.15) is 11.4 Å². The highest BCUT2D eigenvalue weighted by Crippen LogP contribution is 2.27. The highest BCUT2D eigenvalue weighted by Gasteiger charge is 2.29. The van der Waals surface area contributed by atoms with Gasteiger partial charge in [-0.15, -0.1) is 5.10 Å². The van der Waals surface area contributed by atoms with E-state index in [1.807, 2.05) is 94.6 Å². The van der Waals surface area contributed by atoms with Gasteiger partial charge < -0.3 is 9.64 Å². The van der Waals surface area contributed by atoms with Gasteiger partial charge in [0.05, 0.1) is 19.3 Å². The largest absolute Gasteiger partial charge is 0.497 e. The smallest absolute Gasteiger partial charge is 0.253 e. The average molecular weight is 425 g/mol. The van der Waals surface area contributed by atoms with Crippen LogP contribution in [-0.4, -0.2) is 46.0 Å². The Bertz CT molecular complexity index is 1220. The van der Waals surface area contributed by atoms with Crippen molar-refractivity contribution >= 4 is 5.91 Å². The van der Waals surface area contributed by atoms with Crippen LogP contribution in [0.25, 0.3) is 22.4 Å². The molecule has 4 aromatic rings. The van der Waals surface area contributed by atoms with Crippen molar-refractivity contribution in [3.63, 3.8) is 0 Å². The van der Waals surface area contributed by atoms with Gasteiger partial charge in [0, 0.05) is 24.2 Å². The normalized spacial score (nSPS) is 15.7. The molecule has 1 atom stereocenters. The number of ether oxygens (including phenoxy) is 1. The van der Waals surface area contributed by atoms with Gasteiger partial charge in [0.2, 0.25) is 0 Å². The molecule has 0 aliphatic carbocycles. The van der Waals surface area contributed by atoms with Crippen LogP contribution in [0.1, 0.15) is 22.8 Å². The Hall–Kier alpha value is -3.93. The Labute approximate surface area is 187 Å². The van der Waals surface area contributed by atoms with Crippen molar-refractivity contribution < 1.29 is 9.53 Å². The number of carbonyl (C=O) groups excluding carboxylic acids is 1. The van der Waals surface area contributed by atoms with E-state index in [0.717, 1.165) is 34.6 Å². The molecule has 1 saturated heterocycles. The van der Waals surface area contributed by atoms with E-state index in [4.69, 9.17) is 4.74 Å². The van der Waals surface area contributed by atoms with Crippen molar-refractivity contribution in [3.05, 3.63) is 90.6 Å². The van der Waals surface area contributed by atoms with Crippen molar-refractivity contribution in [2.75, 3.05) is 20.2 Å². The summed E-state index contributed by atoms with van der Waals surface area (Å²) in [7, 11) is 1.66. The lowest BCUT2D eigenvalue weighted by Gasteiger charge is -2.17. The van der Waals surface area contributed by atoms with Crippen molar-refractivity contribution in [3.8, 4) is 28.1 Å². The number of carbonyl (C=O) groups is 1. The molecule has 1 unspecified atom stereocenters. The maximum Gasteiger partial charge on any atom is 0.253 e. The van der Waals surface area contributed by atoms with Crippen LogP contribution in [0.3, 0.4) is 0 Å². The highest BCUT2D eigenvalue weighted by molar-refractivity contribution is 5.95. The molecule has 32 heavy (non-hydrogen) atoms. The summed E-state index contributed by atoms with van der Waals surface area (Å²) in [6, 6.07) is 25.8. The van der Waals surface area contributed by atoms with Crippen LogP contribution < -0.4 is 4.74 Å². The van der Waals surface area contributed by atoms with Crippen LogP contribution >= 0.6 is 0 Å². The Morgan fingerprint density at radius 2 is 1.72 bits per heavy atom. The molecule has 6 nitrogen and oxygen atoms in total. The maximum atomic E-state index is 13.1. The lowest BCUT2D eigenvalue weighted by Crippen LogP contribution is -2.29. The average Bonchev–Trinajstić information content (AvgIpc) is 3.54. The van der Waals surface area contributed by atoms with Gasteiger partial charge in [-0.25, -0.2) is 4.68 Å². The van der Waals surface area contributed by atoms with Gasteiger partial charge in [0.15, 0.2) is 0 Å². The van der Waals surface area contributed by atoms with Crippen LogP contribution in [0, 0.1) is 0 Å². The number of hydrogen-bond acceptors (Lipinski definition) is 4. The van der Waals surface area contributed by atoms with Crippen LogP contribution in [0.4, 0.5) is 0 Å². The maximum absolute atomic E-state index is 13.1. The number of aromatic nitrogens is 3. The lowest BCUT2D eigenvalue weighted by atomic mass is 10.0. The fourth-order valence-electron chi connectivity index (χ4n) is 4.13. The first kappa shape index (κ1) is 20.0. The summed E-state index contributed by atoms with van der Waals surface area (Å²) < 4.78 is 7.20. The summed E-state index contributed by atoms with van der Waals surface area (Å²) in [5, 5.41) is 8.63. The van der Waals surface area contributed by atoms with Crippen LogP contribution in [0.2, 0.25) is 0 Å². The van der Waals surface area contributed by atoms with E-state index < -0.39 is 0 Å². The Morgan fingerprint density at radius 1 is 0.938 bits per heavy atom. The molecular formula is C26H24N4O2. The molecule has 2 heterocycles. The number of nitrogens with zero attached hydrogens (tertiary/aromatic N) is 4. The number of methoxy groups -OCH3 is 1. The summed E-state index contributed by atoms with van der Waals surface area (Å²) in [6.45, 7) is 1.34. The standard InChI is InChI=1S/C26H24N4O2/c1-32-24-9-5-8-22(16-24)19-10-12-21(13-11-19)26(31)29-15-14-23(17-29)30-18-25(27-28-30)20-6-3-2-4-7-20/h2-13,16,18,23H,14-15,17H2,1H3. The van der Waals surface area contributed by atoms with Gasteiger partial charge in [0.25, 0.3) is 5.91 Å². The quantitative estimate of drug-likeness (QED) is 0.466. The van der Waals surface area contributed by atoms with Crippen LogP contribution in [0.15, 0.2) is 85.1 Å². The molecule has 6 heteroatoms. The van der Waals surface area contributed by atoms with Gasteiger partial charge in [-0.3, -0.25) is 4.79 Å². The predicted octanol–water partition coefficient (Wildman–Crippen LogP) is 4.71. The second-order valence-electron chi connectivity index (χ2n) is 7.95. The number of likely N-dealkylation sites (tertiary alicyclic amines) is 1. The summed E-state index contributed by atoms with van der Waals surface area (Å²) in [5.74, 6) is 0.863. The second-order valence-corrected chi connectivity index (χ2v) is 7.95. The van der Waals surface area contributed by atoms with Crippen molar-refractivity contribution in [1.82, 2.24) is 19.9 Å². The van der Waals surface area contributed by atoms with Crippen molar-refractivity contribution in [2.24, 2.45) is 0 Å². The Kier molecular flexibility index (Phi) is 5.42.